The van der Waals surface area contributed by atoms with Gasteiger partial charge in [0.05, 0.1) is 5.41 Å². The largest absolute Gasteiger partial charge is 0.455 e. The van der Waals surface area contributed by atoms with Gasteiger partial charge in [0.1, 0.15) is 11.2 Å². The highest BCUT2D eigenvalue weighted by atomic mass is 16.3. The lowest BCUT2D eigenvalue weighted by Gasteiger charge is -2.34. The lowest BCUT2D eigenvalue weighted by Crippen LogP contribution is -2.28. The van der Waals surface area contributed by atoms with Crippen LogP contribution in [0.4, 0.5) is 17.1 Å². The number of para-hydroxylation sites is 2. The Labute approximate surface area is 402 Å². The zero-order valence-electron chi connectivity index (χ0n) is 37.8. The van der Waals surface area contributed by atoms with E-state index >= 15 is 0 Å². The van der Waals surface area contributed by atoms with Crippen LogP contribution < -0.4 is 4.90 Å². The van der Waals surface area contributed by atoms with Gasteiger partial charge in [0.15, 0.2) is 0 Å². The quantitative estimate of drug-likeness (QED) is 0.144. The number of nitrogens with zero attached hydrogens (tertiary/aromatic N) is 1. The lowest BCUT2D eigenvalue weighted by molar-refractivity contribution is 0.670. The molecule has 0 spiro atoms. The summed E-state index contributed by atoms with van der Waals surface area (Å²) in [5.74, 6) is 0. The summed E-state index contributed by atoms with van der Waals surface area (Å²) in [7, 11) is 0. The number of anilines is 3. The fraction of sp³-hybridized carbons (Fsp3) is 0.0149. The molecule has 0 atom stereocenters. The van der Waals surface area contributed by atoms with Crippen LogP contribution in [0.1, 0.15) is 22.3 Å². The van der Waals surface area contributed by atoms with Crippen molar-refractivity contribution < 1.29 is 4.42 Å². The molecule has 0 saturated carbocycles. The average Bonchev–Trinajstić information content (AvgIpc) is 3.97. The summed E-state index contributed by atoms with van der Waals surface area (Å²) in [4.78, 5) is 2.38. The van der Waals surface area contributed by atoms with Crippen LogP contribution in [0.2, 0.25) is 0 Å². The molecule has 1 aromatic heterocycles. The van der Waals surface area contributed by atoms with E-state index in [0.717, 1.165) is 61.3 Å². The summed E-state index contributed by atoms with van der Waals surface area (Å²) in [6.07, 6.45) is 0. The Bertz CT molecular complexity index is 3780. The van der Waals surface area contributed by atoms with E-state index in [-0.39, 0.29) is 0 Å². The highest BCUT2D eigenvalue weighted by Crippen LogP contribution is 2.58. The number of hydrogen-bond donors (Lipinski definition) is 0. The summed E-state index contributed by atoms with van der Waals surface area (Å²) in [5.41, 5.74) is 21.4. The van der Waals surface area contributed by atoms with Crippen LogP contribution in [0.3, 0.4) is 0 Å². The van der Waals surface area contributed by atoms with E-state index in [0.29, 0.717) is 0 Å². The predicted molar refractivity (Wildman–Crippen MR) is 287 cm³/mol. The number of fused-ring (bicyclic) bond motifs is 6. The highest BCUT2D eigenvalue weighted by molar-refractivity contribution is 6.09. The van der Waals surface area contributed by atoms with Crippen LogP contribution in [0.5, 0.6) is 0 Å². The molecule has 2 heteroatoms. The lowest BCUT2D eigenvalue weighted by atomic mass is 9.67. The second-order valence-corrected chi connectivity index (χ2v) is 18.0. The van der Waals surface area contributed by atoms with Crippen molar-refractivity contribution in [1.82, 2.24) is 0 Å². The topological polar surface area (TPSA) is 16.4 Å². The molecule has 0 N–H and O–H groups in total. The minimum atomic E-state index is -0.466. The summed E-state index contributed by atoms with van der Waals surface area (Å²) in [6.45, 7) is 0. The van der Waals surface area contributed by atoms with Crippen molar-refractivity contribution in [3.63, 3.8) is 0 Å². The van der Waals surface area contributed by atoms with Crippen molar-refractivity contribution in [3.05, 3.63) is 295 Å². The Balaban J connectivity index is 0.949. The van der Waals surface area contributed by atoms with Gasteiger partial charge in [-0.2, -0.15) is 0 Å². The Kier molecular flexibility index (Phi) is 9.77. The van der Waals surface area contributed by atoms with E-state index in [1.165, 1.54) is 55.6 Å². The van der Waals surface area contributed by atoms with E-state index in [1.54, 1.807) is 0 Å². The summed E-state index contributed by atoms with van der Waals surface area (Å²) >= 11 is 0. The molecular weight excluding hydrogens is 835 g/mol. The smallest absolute Gasteiger partial charge is 0.143 e. The first-order valence-electron chi connectivity index (χ1n) is 23.7. The number of furan rings is 1. The summed E-state index contributed by atoms with van der Waals surface area (Å²) in [6, 6.07) is 99.1. The van der Waals surface area contributed by atoms with Crippen LogP contribution in [-0.2, 0) is 5.41 Å². The van der Waals surface area contributed by atoms with Crippen molar-refractivity contribution in [1.29, 1.82) is 0 Å². The van der Waals surface area contributed by atoms with Gasteiger partial charge in [0.25, 0.3) is 0 Å². The molecule has 0 saturated heterocycles. The van der Waals surface area contributed by atoms with Gasteiger partial charge in [-0.3, -0.25) is 0 Å². The van der Waals surface area contributed by atoms with Gasteiger partial charge in [-0.25, -0.2) is 0 Å². The maximum Gasteiger partial charge on any atom is 0.143 e. The fourth-order valence-corrected chi connectivity index (χ4v) is 11.1. The fourth-order valence-electron chi connectivity index (χ4n) is 11.1. The number of hydrogen-bond acceptors (Lipinski definition) is 2. The monoisotopic (exact) mass is 879 g/mol. The standard InChI is InChI=1S/C67H45NO/c1-4-18-46(19-5-1)47-36-38-48(39-37-47)50-20-14-26-55(44-50)68(56-27-15-21-51(45-56)58-31-16-32-60-59-28-11-13-35-64(59)69-66(58)60)54-42-40-49(41-43-54)57-30-17-34-63-65(57)61-29-10-12-33-62(61)67(63,52-22-6-2-7-23-52)53-24-8-3-9-25-53/h1-45H. The van der Waals surface area contributed by atoms with Gasteiger partial charge in [-0.1, -0.05) is 231 Å². The van der Waals surface area contributed by atoms with E-state index in [1.807, 2.05) is 6.07 Å². The van der Waals surface area contributed by atoms with Crippen molar-refractivity contribution in [2.75, 3.05) is 4.90 Å². The Morgan fingerprint density at radius 2 is 0.768 bits per heavy atom. The molecule has 0 bridgehead atoms. The molecule has 11 aromatic carbocycles. The molecule has 1 heterocycles. The molecule has 2 nitrogen and oxygen atoms in total. The minimum Gasteiger partial charge on any atom is -0.455 e. The number of benzene rings is 11. The minimum absolute atomic E-state index is 0.466. The number of rotatable bonds is 9. The van der Waals surface area contributed by atoms with E-state index in [9.17, 15) is 0 Å². The third-order valence-corrected chi connectivity index (χ3v) is 14.2. The normalized spacial score (nSPS) is 12.5. The van der Waals surface area contributed by atoms with Crippen LogP contribution in [0.25, 0.3) is 77.6 Å². The first-order chi connectivity index (χ1) is 34.2. The molecule has 13 rings (SSSR count). The Hall–Kier alpha value is -8.98. The van der Waals surface area contributed by atoms with E-state index < -0.39 is 5.41 Å². The SMILES string of the molecule is c1ccc(-c2ccc(-c3cccc(N(c4ccc(-c5cccc6c5-c5ccccc5C6(c5ccccc5)c5ccccc5)cc4)c4cccc(-c5cccc6c5oc5ccccc56)c4)c3)cc2)cc1. The second kappa shape index (κ2) is 16.7. The molecule has 1 aliphatic carbocycles. The zero-order chi connectivity index (χ0) is 45.7. The molecule has 1 aliphatic rings. The van der Waals surface area contributed by atoms with Gasteiger partial charge in [0, 0.05) is 33.4 Å². The average molecular weight is 880 g/mol. The van der Waals surface area contributed by atoms with Gasteiger partial charge >= 0.3 is 0 Å². The Morgan fingerprint density at radius 3 is 1.49 bits per heavy atom. The van der Waals surface area contributed by atoms with Crippen molar-refractivity contribution >= 4 is 39.0 Å². The molecule has 69 heavy (non-hydrogen) atoms. The van der Waals surface area contributed by atoms with Crippen LogP contribution in [0.15, 0.2) is 277 Å². The van der Waals surface area contributed by atoms with Crippen LogP contribution in [0, 0.1) is 0 Å². The predicted octanol–water partition coefficient (Wildman–Crippen LogP) is 18.1. The van der Waals surface area contributed by atoms with E-state index in [4.69, 9.17) is 4.42 Å². The molecular formula is C67H45NO. The maximum absolute atomic E-state index is 6.57. The molecule has 0 aliphatic heterocycles. The zero-order valence-corrected chi connectivity index (χ0v) is 37.8. The second-order valence-electron chi connectivity index (χ2n) is 18.0. The summed E-state index contributed by atoms with van der Waals surface area (Å²) < 4.78 is 6.57. The van der Waals surface area contributed by atoms with Gasteiger partial charge < -0.3 is 9.32 Å². The first-order valence-corrected chi connectivity index (χ1v) is 23.7. The molecule has 0 fully saturated rings. The highest BCUT2D eigenvalue weighted by Gasteiger charge is 2.46. The van der Waals surface area contributed by atoms with Gasteiger partial charge in [-0.15, -0.1) is 0 Å². The van der Waals surface area contributed by atoms with Gasteiger partial charge in [0.2, 0.25) is 0 Å². The Morgan fingerprint density at radius 1 is 0.290 bits per heavy atom. The first kappa shape index (κ1) is 40.3. The molecule has 0 radical (unpaired) electrons. The van der Waals surface area contributed by atoms with Crippen molar-refractivity contribution in [2.45, 2.75) is 5.41 Å². The third kappa shape index (κ3) is 6.72. The van der Waals surface area contributed by atoms with Crippen LogP contribution >= 0.6 is 0 Å². The van der Waals surface area contributed by atoms with Crippen molar-refractivity contribution in [2.24, 2.45) is 0 Å². The molecule has 324 valence electrons. The van der Waals surface area contributed by atoms with Crippen molar-refractivity contribution in [3.8, 4) is 55.6 Å². The molecule has 0 unspecified atom stereocenters. The van der Waals surface area contributed by atoms with E-state index in [2.05, 4.69) is 272 Å². The van der Waals surface area contributed by atoms with Gasteiger partial charge in [-0.05, 0) is 115 Å². The molecule has 0 amide bonds. The van der Waals surface area contributed by atoms with Crippen LogP contribution in [-0.4, -0.2) is 0 Å². The maximum atomic E-state index is 6.57. The summed E-state index contributed by atoms with van der Waals surface area (Å²) in [5, 5.41) is 2.24. The molecule has 12 aromatic rings. The third-order valence-electron chi connectivity index (χ3n) is 14.2.